The maximum absolute atomic E-state index is 13.7. The molecule has 1 aliphatic carbocycles. The Kier molecular flexibility index (Phi) is 5.95. The number of alkyl halides is 3. The number of nitrogens with one attached hydrogen (secondary N) is 1. The lowest BCUT2D eigenvalue weighted by molar-refractivity contribution is -0.138. The summed E-state index contributed by atoms with van der Waals surface area (Å²) in [6.07, 6.45) is -0.475. The number of aromatic nitrogens is 2. The van der Waals surface area contributed by atoms with E-state index in [1.54, 1.807) is 26.8 Å². The number of carbonyl (C=O) groups excluding carboxylic acids is 2. The normalized spacial score (nSPS) is 20.5. The Morgan fingerprint density at radius 2 is 1.91 bits per heavy atom. The van der Waals surface area contributed by atoms with Crippen molar-refractivity contribution in [2.24, 2.45) is 11.3 Å². The summed E-state index contributed by atoms with van der Waals surface area (Å²) in [5.41, 5.74) is -3.41. The first kappa shape index (κ1) is 24.4. The Balaban J connectivity index is 1.58. The molecule has 8 nitrogen and oxygen atoms in total. The largest absolute Gasteiger partial charge is 0.456 e. The van der Waals surface area contributed by atoms with Crippen LogP contribution in [0.5, 0.6) is 0 Å². The Morgan fingerprint density at radius 1 is 1.23 bits per heavy atom. The lowest BCUT2D eigenvalue weighted by Crippen LogP contribution is -2.35. The predicted octanol–water partition coefficient (Wildman–Crippen LogP) is 4.85. The van der Waals surface area contributed by atoms with Gasteiger partial charge in [-0.05, 0) is 58.1 Å². The second kappa shape index (κ2) is 8.52. The zero-order valence-electron chi connectivity index (χ0n) is 19.4. The molecule has 0 bridgehead atoms. The van der Waals surface area contributed by atoms with Crippen LogP contribution in [0.1, 0.15) is 56.0 Å². The molecule has 0 unspecified atom stereocenters. The SMILES string of the molecule is CC(C)(C)OC(=O)c1cnc(Nc2cc(N3CC[C@@](C#N)(C4CC4)C3=O)ccn2)cc1C(F)(F)F. The third-order valence-electron chi connectivity index (χ3n) is 5.97. The number of hydrogen-bond acceptors (Lipinski definition) is 7. The molecular formula is C24H24F3N5O3. The number of halogens is 3. The van der Waals surface area contributed by atoms with Crippen LogP contribution in [0.15, 0.2) is 30.6 Å². The zero-order chi connectivity index (χ0) is 25.6. The minimum absolute atomic E-state index is 0.0675. The number of esters is 1. The van der Waals surface area contributed by atoms with Crippen molar-refractivity contribution in [1.82, 2.24) is 9.97 Å². The van der Waals surface area contributed by atoms with Crippen LogP contribution >= 0.6 is 0 Å². The highest BCUT2D eigenvalue weighted by molar-refractivity contribution is 6.02. The summed E-state index contributed by atoms with van der Waals surface area (Å²) in [7, 11) is 0. The number of rotatable bonds is 5. The molecule has 2 aromatic rings. The van der Waals surface area contributed by atoms with Crippen molar-refractivity contribution >= 4 is 29.2 Å². The highest BCUT2D eigenvalue weighted by Gasteiger charge is 2.56. The van der Waals surface area contributed by atoms with Crippen LogP contribution in [0, 0.1) is 22.7 Å². The topological polar surface area (TPSA) is 108 Å². The summed E-state index contributed by atoms with van der Waals surface area (Å²) < 4.78 is 46.2. The van der Waals surface area contributed by atoms with Gasteiger partial charge in [0.1, 0.15) is 22.7 Å². The second-order valence-corrected chi connectivity index (χ2v) is 9.70. The molecule has 1 saturated heterocycles. The summed E-state index contributed by atoms with van der Waals surface area (Å²) in [4.78, 5) is 34.9. The molecule has 2 aromatic heterocycles. The van der Waals surface area contributed by atoms with E-state index in [2.05, 4.69) is 21.4 Å². The number of carbonyl (C=O) groups is 2. The minimum Gasteiger partial charge on any atom is -0.456 e. The molecule has 11 heteroatoms. The van der Waals surface area contributed by atoms with Gasteiger partial charge in [0, 0.05) is 30.7 Å². The molecule has 0 spiro atoms. The van der Waals surface area contributed by atoms with E-state index in [9.17, 15) is 28.0 Å². The Bertz CT molecular complexity index is 1210. The van der Waals surface area contributed by atoms with Gasteiger partial charge in [0.15, 0.2) is 0 Å². The van der Waals surface area contributed by atoms with Crippen LogP contribution in [0.3, 0.4) is 0 Å². The van der Waals surface area contributed by atoms with Crippen molar-refractivity contribution in [2.75, 3.05) is 16.8 Å². The monoisotopic (exact) mass is 487 g/mol. The van der Waals surface area contributed by atoms with Crippen molar-refractivity contribution < 1.29 is 27.5 Å². The minimum atomic E-state index is -4.83. The van der Waals surface area contributed by atoms with E-state index in [0.717, 1.165) is 19.0 Å². The lowest BCUT2D eigenvalue weighted by Gasteiger charge is -2.22. The van der Waals surface area contributed by atoms with Crippen molar-refractivity contribution in [2.45, 2.75) is 51.8 Å². The first-order valence-electron chi connectivity index (χ1n) is 11.1. The molecule has 35 heavy (non-hydrogen) atoms. The number of pyridine rings is 2. The molecule has 1 saturated carbocycles. The standard InChI is InChI=1S/C24H24F3N5O3/c1-22(2,3)35-20(33)16-12-30-19(11-17(16)24(25,26)27)31-18-10-15(6-8-29-18)32-9-7-23(13-28,21(32)34)14-4-5-14/h6,8,10-12,14H,4-5,7,9H2,1-3H3,(H,29,30,31)/t23-/m1/s1. The summed E-state index contributed by atoms with van der Waals surface area (Å²) in [6, 6.07) is 6.04. The quantitative estimate of drug-likeness (QED) is 0.601. The van der Waals surface area contributed by atoms with Gasteiger partial charge in [-0.15, -0.1) is 0 Å². The zero-order valence-corrected chi connectivity index (χ0v) is 19.4. The Labute approximate surface area is 200 Å². The van der Waals surface area contributed by atoms with E-state index in [0.29, 0.717) is 24.7 Å². The maximum atomic E-state index is 13.7. The van der Waals surface area contributed by atoms with E-state index < -0.39 is 34.3 Å². The average molecular weight is 487 g/mol. The summed E-state index contributed by atoms with van der Waals surface area (Å²) in [6.45, 7) is 5.03. The van der Waals surface area contributed by atoms with Gasteiger partial charge in [-0.1, -0.05) is 0 Å². The van der Waals surface area contributed by atoms with Gasteiger partial charge >= 0.3 is 12.1 Å². The molecule has 4 rings (SSSR count). The molecule has 1 aliphatic heterocycles. The van der Waals surface area contributed by atoms with Gasteiger partial charge in [-0.2, -0.15) is 18.4 Å². The highest BCUT2D eigenvalue weighted by atomic mass is 19.4. The molecule has 2 fully saturated rings. The Morgan fingerprint density at radius 3 is 2.51 bits per heavy atom. The van der Waals surface area contributed by atoms with Gasteiger partial charge in [0.05, 0.1) is 17.2 Å². The van der Waals surface area contributed by atoms with Gasteiger partial charge < -0.3 is 15.0 Å². The van der Waals surface area contributed by atoms with E-state index >= 15 is 0 Å². The number of ether oxygens (including phenoxy) is 1. The molecule has 0 aromatic carbocycles. The van der Waals surface area contributed by atoms with Crippen LogP contribution in [0.4, 0.5) is 30.5 Å². The summed E-state index contributed by atoms with van der Waals surface area (Å²) >= 11 is 0. The fraction of sp³-hybridized carbons (Fsp3) is 0.458. The van der Waals surface area contributed by atoms with Crippen molar-refractivity contribution in [3.63, 3.8) is 0 Å². The average Bonchev–Trinajstić information content (AvgIpc) is 3.56. The number of nitrogens with zero attached hydrogens (tertiary/aromatic N) is 4. The van der Waals surface area contributed by atoms with E-state index in [4.69, 9.17) is 4.74 Å². The van der Waals surface area contributed by atoms with Gasteiger partial charge in [-0.3, -0.25) is 4.79 Å². The first-order valence-corrected chi connectivity index (χ1v) is 11.1. The smallest absolute Gasteiger partial charge is 0.417 e. The van der Waals surface area contributed by atoms with Gasteiger partial charge in [0.25, 0.3) is 0 Å². The molecule has 3 heterocycles. The van der Waals surface area contributed by atoms with Crippen LogP contribution in [-0.4, -0.2) is 34.0 Å². The molecular weight excluding hydrogens is 463 g/mol. The first-order chi connectivity index (χ1) is 16.3. The highest BCUT2D eigenvalue weighted by Crippen LogP contribution is 2.52. The van der Waals surface area contributed by atoms with Gasteiger partial charge in [-0.25, -0.2) is 14.8 Å². The second-order valence-electron chi connectivity index (χ2n) is 9.70. The van der Waals surface area contributed by atoms with Crippen molar-refractivity contribution in [1.29, 1.82) is 5.26 Å². The van der Waals surface area contributed by atoms with Crippen LogP contribution < -0.4 is 10.2 Å². The molecule has 2 aliphatic rings. The predicted molar refractivity (Wildman–Crippen MR) is 120 cm³/mol. The number of anilines is 3. The lowest BCUT2D eigenvalue weighted by atomic mass is 9.83. The van der Waals surface area contributed by atoms with Crippen LogP contribution in [0.2, 0.25) is 0 Å². The molecule has 1 N–H and O–H groups in total. The van der Waals surface area contributed by atoms with Crippen molar-refractivity contribution in [3.05, 3.63) is 41.7 Å². The number of nitriles is 1. The van der Waals surface area contributed by atoms with Crippen molar-refractivity contribution in [3.8, 4) is 6.07 Å². The van der Waals surface area contributed by atoms with Gasteiger partial charge in [0.2, 0.25) is 5.91 Å². The summed E-state index contributed by atoms with van der Waals surface area (Å²) in [5, 5.41) is 12.4. The van der Waals surface area contributed by atoms with E-state index in [-0.39, 0.29) is 23.5 Å². The maximum Gasteiger partial charge on any atom is 0.417 e. The molecule has 184 valence electrons. The van der Waals surface area contributed by atoms with E-state index in [1.165, 1.54) is 17.2 Å². The number of amides is 1. The fourth-order valence-electron chi connectivity index (χ4n) is 4.17. The van der Waals surface area contributed by atoms with Crippen LogP contribution in [0.25, 0.3) is 0 Å². The third kappa shape index (κ3) is 4.92. The Hall–Kier alpha value is -3.68. The third-order valence-corrected chi connectivity index (χ3v) is 5.97. The molecule has 1 amide bonds. The molecule has 0 radical (unpaired) electrons. The summed E-state index contributed by atoms with van der Waals surface area (Å²) in [5.74, 6) is -1.36. The van der Waals surface area contributed by atoms with Crippen LogP contribution in [-0.2, 0) is 15.7 Å². The molecule has 1 atom stereocenters. The number of hydrogen-bond donors (Lipinski definition) is 1. The fourth-order valence-corrected chi connectivity index (χ4v) is 4.17. The van der Waals surface area contributed by atoms with E-state index in [1.807, 2.05) is 0 Å².